The van der Waals surface area contributed by atoms with Crippen LogP contribution in [-0.4, -0.2) is 40.8 Å². The van der Waals surface area contributed by atoms with Gasteiger partial charge in [-0.3, -0.25) is 4.90 Å². The highest BCUT2D eigenvalue weighted by Gasteiger charge is 2.30. The minimum atomic E-state index is -0.729. The number of nitrogens with two attached hydrogens (primary N) is 1. The number of rotatable bonds is 7. The maximum atomic E-state index is 10.2. The van der Waals surface area contributed by atoms with Crippen molar-refractivity contribution in [3.05, 3.63) is 0 Å². The predicted molar refractivity (Wildman–Crippen MR) is 77.6 cm³/mol. The van der Waals surface area contributed by atoms with Crippen LogP contribution in [0.25, 0.3) is 0 Å². The highest BCUT2D eigenvalue weighted by molar-refractivity contribution is 4.86. The number of hydrogen-bond donors (Lipinski definition) is 2. The van der Waals surface area contributed by atoms with Crippen molar-refractivity contribution in [3.8, 4) is 0 Å². The van der Waals surface area contributed by atoms with E-state index in [-0.39, 0.29) is 0 Å². The normalized spacial score (nSPS) is 22.7. The molecule has 108 valence electrons. The first-order chi connectivity index (χ1) is 8.35. The molecule has 0 aromatic heterocycles. The van der Waals surface area contributed by atoms with Crippen molar-refractivity contribution in [2.24, 2.45) is 11.7 Å². The maximum Gasteiger partial charge on any atom is 0.0756 e. The highest BCUT2D eigenvalue weighted by Crippen LogP contribution is 2.28. The lowest BCUT2D eigenvalue weighted by Crippen LogP contribution is -2.48. The minimum absolute atomic E-state index is 0.345. The SMILES string of the molecule is CC(C)CN(C(C)CC(C)(O)CN)C1CCCC1. The molecule has 1 rings (SSSR count). The van der Waals surface area contributed by atoms with Crippen LogP contribution in [0.1, 0.15) is 59.8 Å². The van der Waals surface area contributed by atoms with Crippen LogP contribution in [0.2, 0.25) is 0 Å². The third-order valence-corrected chi connectivity index (χ3v) is 4.11. The van der Waals surface area contributed by atoms with Gasteiger partial charge in [0, 0.05) is 25.2 Å². The summed E-state index contributed by atoms with van der Waals surface area (Å²) in [5.41, 5.74) is 4.91. The predicted octanol–water partition coefficient (Wildman–Crippen LogP) is 2.38. The summed E-state index contributed by atoms with van der Waals surface area (Å²) >= 11 is 0. The van der Waals surface area contributed by atoms with Crippen molar-refractivity contribution >= 4 is 0 Å². The van der Waals surface area contributed by atoms with Crippen molar-refractivity contribution in [2.75, 3.05) is 13.1 Å². The molecule has 0 heterocycles. The van der Waals surface area contributed by atoms with Crippen LogP contribution < -0.4 is 5.73 Å². The third-order valence-electron chi connectivity index (χ3n) is 4.11. The average Bonchev–Trinajstić information content (AvgIpc) is 2.78. The molecule has 0 bridgehead atoms. The Morgan fingerprint density at radius 3 is 2.28 bits per heavy atom. The largest absolute Gasteiger partial charge is 0.389 e. The number of nitrogens with zero attached hydrogens (tertiary/aromatic N) is 1. The van der Waals surface area contributed by atoms with Crippen molar-refractivity contribution in [3.63, 3.8) is 0 Å². The van der Waals surface area contributed by atoms with E-state index in [1.165, 1.54) is 25.7 Å². The molecule has 0 saturated heterocycles. The van der Waals surface area contributed by atoms with E-state index in [1.54, 1.807) is 0 Å². The molecule has 2 unspecified atom stereocenters. The van der Waals surface area contributed by atoms with Crippen LogP contribution in [0, 0.1) is 5.92 Å². The Bertz CT molecular complexity index is 235. The van der Waals surface area contributed by atoms with Crippen LogP contribution in [0.5, 0.6) is 0 Å². The molecular formula is C15H32N2O. The molecule has 2 atom stereocenters. The fourth-order valence-corrected chi connectivity index (χ4v) is 3.18. The van der Waals surface area contributed by atoms with Crippen LogP contribution >= 0.6 is 0 Å². The molecule has 18 heavy (non-hydrogen) atoms. The molecule has 1 aliphatic rings. The van der Waals surface area contributed by atoms with Crippen LogP contribution in [0.15, 0.2) is 0 Å². The van der Waals surface area contributed by atoms with Crippen LogP contribution in [-0.2, 0) is 0 Å². The van der Waals surface area contributed by atoms with Crippen molar-refractivity contribution in [2.45, 2.75) is 77.5 Å². The molecule has 0 aromatic carbocycles. The van der Waals surface area contributed by atoms with Gasteiger partial charge in [-0.15, -0.1) is 0 Å². The smallest absolute Gasteiger partial charge is 0.0756 e. The van der Waals surface area contributed by atoms with Crippen molar-refractivity contribution in [1.29, 1.82) is 0 Å². The molecule has 0 radical (unpaired) electrons. The van der Waals surface area contributed by atoms with Crippen molar-refractivity contribution < 1.29 is 5.11 Å². The second-order valence-corrected chi connectivity index (χ2v) is 6.78. The summed E-state index contributed by atoms with van der Waals surface area (Å²) < 4.78 is 0. The topological polar surface area (TPSA) is 49.5 Å². The Morgan fingerprint density at radius 2 is 1.83 bits per heavy atom. The monoisotopic (exact) mass is 256 g/mol. The molecular weight excluding hydrogens is 224 g/mol. The zero-order valence-corrected chi connectivity index (χ0v) is 12.7. The quantitative estimate of drug-likeness (QED) is 0.735. The van der Waals surface area contributed by atoms with E-state index >= 15 is 0 Å². The fraction of sp³-hybridized carbons (Fsp3) is 1.00. The zero-order valence-electron chi connectivity index (χ0n) is 12.7. The minimum Gasteiger partial charge on any atom is -0.389 e. The van der Waals surface area contributed by atoms with Gasteiger partial charge in [-0.05, 0) is 39.0 Å². The molecule has 3 heteroatoms. The van der Waals surface area contributed by atoms with Gasteiger partial charge in [-0.1, -0.05) is 26.7 Å². The Hall–Kier alpha value is -0.120. The number of aliphatic hydroxyl groups is 1. The van der Waals surface area contributed by atoms with E-state index in [1.807, 2.05) is 6.92 Å². The van der Waals surface area contributed by atoms with Gasteiger partial charge in [-0.25, -0.2) is 0 Å². The summed E-state index contributed by atoms with van der Waals surface area (Å²) in [4.78, 5) is 2.61. The molecule has 1 saturated carbocycles. The van der Waals surface area contributed by atoms with Gasteiger partial charge in [0.15, 0.2) is 0 Å². The lowest BCUT2D eigenvalue weighted by molar-refractivity contribution is 0.0153. The lowest BCUT2D eigenvalue weighted by atomic mass is 9.95. The molecule has 3 N–H and O–H groups in total. The van der Waals surface area contributed by atoms with Gasteiger partial charge < -0.3 is 10.8 Å². The highest BCUT2D eigenvalue weighted by atomic mass is 16.3. The van der Waals surface area contributed by atoms with E-state index in [0.717, 1.165) is 19.0 Å². The summed E-state index contributed by atoms with van der Waals surface area (Å²) in [5.74, 6) is 0.677. The van der Waals surface area contributed by atoms with Gasteiger partial charge in [-0.2, -0.15) is 0 Å². The van der Waals surface area contributed by atoms with Gasteiger partial charge in [0.05, 0.1) is 5.60 Å². The van der Waals surface area contributed by atoms with Gasteiger partial charge in [0.2, 0.25) is 0 Å². The summed E-state index contributed by atoms with van der Waals surface area (Å²) in [5, 5.41) is 10.2. The van der Waals surface area contributed by atoms with E-state index in [4.69, 9.17) is 5.73 Å². The van der Waals surface area contributed by atoms with Gasteiger partial charge in [0.25, 0.3) is 0 Å². The molecule has 0 amide bonds. The fourth-order valence-electron chi connectivity index (χ4n) is 3.18. The third kappa shape index (κ3) is 4.87. The first kappa shape index (κ1) is 15.9. The van der Waals surface area contributed by atoms with E-state index in [2.05, 4.69) is 25.7 Å². The molecule has 1 aliphatic carbocycles. The first-order valence-corrected chi connectivity index (χ1v) is 7.54. The van der Waals surface area contributed by atoms with Crippen LogP contribution in [0.3, 0.4) is 0 Å². The Kier molecular flexibility index (Phi) is 6.09. The first-order valence-electron chi connectivity index (χ1n) is 7.54. The average molecular weight is 256 g/mol. The Morgan fingerprint density at radius 1 is 1.28 bits per heavy atom. The van der Waals surface area contributed by atoms with E-state index in [0.29, 0.717) is 18.5 Å². The second-order valence-electron chi connectivity index (χ2n) is 6.78. The summed E-state index contributed by atoms with van der Waals surface area (Å²) in [7, 11) is 0. The van der Waals surface area contributed by atoms with Crippen LogP contribution in [0.4, 0.5) is 0 Å². The summed E-state index contributed by atoms with van der Waals surface area (Å²) in [6.07, 6.45) is 6.13. The second kappa shape index (κ2) is 6.88. The molecule has 0 aliphatic heterocycles. The molecule has 0 aromatic rings. The summed E-state index contributed by atoms with van der Waals surface area (Å²) in [6, 6.07) is 1.13. The van der Waals surface area contributed by atoms with Gasteiger partial charge >= 0.3 is 0 Å². The Labute approximate surface area is 113 Å². The van der Waals surface area contributed by atoms with E-state index < -0.39 is 5.60 Å². The lowest BCUT2D eigenvalue weighted by Gasteiger charge is -2.38. The zero-order chi connectivity index (χ0) is 13.8. The molecule has 1 fully saturated rings. The van der Waals surface area contributed by atoms with Crippen molar-refractivity contribution in [1.82, 2.24) is 4.90 Å². The standard InChI is InChI=1S/C15H32N2O/c1-12(2)10-17(14-7-5-6-8-14)13(3)9-15(4,18)11-16/h12-14,18H,5-11,16H2,1-4H3. The Balaban J connectivity index is 2.63. The molecule has 0 spiro atoms. The number of hydrogen-bond acceptors (Lipinski definition) is 3. The van der Waals surface area contributed by atoms with Gasteiger partial charge in [0.1, 0.15) is 0 Å². The summed E-state index contributed by atoms with van der Waals surface area (Å²) in [6.45, 7) is 10.1. The maximum absolute atomic E-state index is 10.2. The van der Waals surface area contributed by atoms with E-state index in [9.17, 15) is 5.11 Å². The molecule has 3 nitrogen and oxygen atoms in total.